The second-order valence-corrected chi connectivity index (χ2v) is 5.44. The van der Waals surface area contributed by atoms with Crippen LogP contribution in [0.3, 0.4) is 0 Å². The number of hydrazone groups is 1. The molecule has 0 radical (unpaired) electrons. The van der Waals surface area contributed by atoms with Crippen LogP contribution in [0.15, 0.2) is 58.1 Å². The Morgan fingerprint density at radius 2 is 2.05 bits per heavy atom. The monoisotopic (exact) mass is 366 g/mol. The molecule has 0 spiro atoms. The molecular formula is C15H12BrClN2O2. The molecule has 0 fully saturated rings. The SMILES string of the molecule is O=C(COc1cccc(Cl)c1)NN=Cc1ccc(Br)cc1. The van der Waals surface area contributed by atoms with Gasteiger partial charge in [0.15, 0.2) is 6.61 Å². The van der Waals surface area contributed by atoms with Gasteiger partial charge in [0.05, 0.1) is 6.21 Å². The summed E-state index contributed by atoms with van der Waals surface area (Å²) in [7, 11) is 0. The predicted octanol–water partition coefficient (Wildman–Crippen LogP) is 3.63. The predicted molar refractivity (Wildman–Crippen MR) is 86.8 cm³/mol. The maximum Gasteiger partial charge on any atom is 0.277 e. The molecule has 6 heteroatoms. The second kappa shape index (κ2) is 7.81. The second-order valence-electron chi connectivity index (χ2n) is 4.09. The van der Waals surface area contributed by atoms with E-state index in [-0.39, 0.29) is 12.5 Å². The fourth-order valence-corrected chi connectivity index (χ4v) is 1.91. The van der Waals surface area contributed by atoms with E-state index < -0.39 is 0 Å². The van der Waals surface area contributed by atoms with E-state index in [1.165, 1.54) is 0 Å². The molecule has 108 valence electrons. The number of amides is 1. The van der Waals surface area contributed by atoms with Crippen LogP contribution in [0, 0.1) is 0 Å². The number of rotatable bonds is 5. The lowest BCUT2D eigenvalue weighted by molar-refractivity contribution is -0.123. The number of hydrogen-bond acceptors (Lipinski definition) is 3. The number of nitrogens with one attached hydrogen (secondary N) is 1. The van der Waals surface area contributed by atoms with Crippen molar-refractivity contribution in [1.29, 1.82) is 0 Å². The van der Waals surface area contributed by atoms with Gasteiger partial charge in [0, 0.05) is 9.50 Å². The van der Waals surface area contributed by atoms with Crippen LogP contribution in [0.1, 0.15) is 5.56 Å². The summed E-state index contributed by atoms with van der Waals surface area (Å²) in [5, 5.41) is 4.41. The third-order valence-corrected chi connectivity index (χ3v) is 3.20. The van der Waals surface area contributed by atoms with Gasteiger partial charge < -0.3 is 4.74 Å². The van der Waals surface area contributed by atoms with Crippen molar-refractivity contribution < 1.29 is 9.53 Å². The summed E-state index contributed by atoms with van der Waals surface area (Å²) in [6.45, 7) is -0.127. The highest BCUT2D eigenvalue weighted by Gasteiger charge is 2.01. The van der Waals surface area contributed by atoms with Gasteiger partial charge in [0.2, 0.25) is 0 Å². The van der Waals surface area contributed by atoms with Gasteiger partial charge in [0.1, 0.15) is 5.75 Å². The summed E-state index contributed by atoms with van der Waals surface area (Å²) in [6.07, 6.45) is 1.56. The lowest BCUT2D eigenvalue weighted by atomic mass is 10.2. The first kappa shape index (κ1) is 15.5. The fraction of sp³-hybridized carbons (Fsp3) is 0.0667. The van der Waals surface area contributed by atoms with Crippen LogP contribution in [0.2, 0.25) is 5.02 Å². The molecule has 0 aliphatic rings. The van der Waals surface area contributed by atoms with E-state index in [0.717, 1.165) is 10.0 Å². The number of carbonyl (C=O) groups excluding carboxylic acids is 1. The van der Waals surface area contributed by atoms with Crippen LogP contribution in [0.4, 0.5) is 0 Å². The largest absolute Gasteiger partial charge is 0.484 e. The number of carbonyl (C=O) groups is 1. The summed E-state index contributed by atoms with van der Waals surface area (Å²) in [5.41, 5.74) is 3.27. The maximum absolute atomic E-state index is 11.6. The Labute approximate surface area is 135 Å². The zero-order valence-corrected chi connectivity index (χ0v) is 13.3. The Bertz CT molecular complexity index is 644. The molecule has 2 aromatic carbocycles. The molecular weight excluding hydrogens is 356 g/mol. The third-order valence-electron chi connectivity index (χ3n) is 2.44. The number of halogens is 2. The minimum Gasteiger partial charge on any atom is -0.484 e. The third kappa shape index (κ3) is 5.57. The van der Waals surface area contributed by atoms with Gasteiger partial charge in [-0.25, -0.2) is 5.43 Å². The summed E-state index contributed by atoms with van der Waals surface area (Å²) < 4.78 is 6.28. The van der Waals surface area contributed by atoms with Crippen LogP contribution >= 0.6 is 27.5 Å². The molecule has 2 rings (SSSR count). The first-order chi connectivity index (χ1) is 10.1. The molecule has 0 aliphatic carbocycles. The molecule has 1 amide bonds. The summed E-state index contributed by atoms with van der Waals surface area (Å²) >= 11 is 9.16. The van der Waals surface area contributed by atoms with Crippen LogP contribution < -0.4 is 10.2 Å². The zero-order chi connectivity index (χ0) is 15.1. The first-order valence-electron chi connectivity index (χ1n) is 6.09. The average Bonchev–Trinajstić information content (AvgIpc) is 2.47. The lowest BCUT2D eigenvalue weighted by Gasteiger charge is -2.04. The van der Waals surface area contributed by atoms with Crippen LogP contribution in [0.25, 0.3) is 0 Å². The van der Waals surface area contributed by atoms with Crippen molar-refractivity contribution in [3.8, 4) is 5.75 Å². The molecule has 0 bridgehead atoms. The highest BCUT2D eigenvalue weighted by Crippen LogP contribution is 2.16. The molecule has 0 unspecified atom stereocenters. The Hall–Kier alpha value is -1.85. The van der Waals surface area contributed by atoms with Gasteiger partial charge in [-0.1, -0.05) is 45.7 Å². The number of ether oxygens (including phenoxy) is 1. The van der Waals surface area contributed by atoms with E-state index in [2.05, 4.69) is 26.5 Å². The zero-order valence-electron chi connectivity index (χ0n) is 10.9. The molecule has 0 aliphatic heterocycles. The molecule has 1 N–H and O–H groups in total. The fourth-order valence-electron chi connectivity index (χ4n) is 1.47. The molecule has 0 atom stereocenters. The minimum atomic E-state index is -0.344. The van der Waals surface area contributed by atoms with E-state index in [1.807, 2.05) is 24.3 Å². The smallest absolute Gasteiger partial charge is 0.277 e. The Kier molecular flexibility index (Phi) is 5.78. The van der Waals surface area contributed by atoms with Crippen molar-refractivity contribution in [3.63, 3.8) is 0 Å². The van der Waals surface area contributed by atoms with E-state index in [1.54, 1.807) is 30.5 Å². The van der Waals surface area contributed by atoms with Crippen molar-refractivity contribution in [2.75, 3.05) is 6.61 Å². The highest BCUT2D eigenvalue weighted by molar-refractivity contribution is 9.10. The van der Waals surface area contributed by atoms with Crippen molar-refractivity contribution in [2.45, 2.75) is 0 Å². The van der Waals surface area contributed by atoms with E-state index in [9.17, 15) is 4.79 Å². The van der Waals surface area contributed by atoms with E-state index >= 15 is 0 Å². The Balaban J connectivity index is 1.78. The van der Waals surface area contributed by atoms with Crippen molar-refractivity contribution in [1.82, 2.24) is 5.43 Å². The summed E-state index contributed by atoms with van der Waals surface area (Å²) in [5.74, 6) is 0.192. The Morgan fingerprint density at radius 1 is 1.29 bits per heavy atom. The minimum absolute atomic E-state index is 0.127. The molecule has 0 heterocycles. The van der Waals surface area contributed by atoms with Gasteiger partial charge in [-0.05, 0) is 35.9 Å². The van der Waals surface area contributed by atoms with Gasteiger partial charge in [-0.15, -0.1) is 0 Å². The van der Waals surface area contributed by atoms with Crippen LogP contribution in [-0.2, 0) is 4.79 Å². The standard InChI is InChI=1S/C15H12BrClN2O2/c16-12-6-4-11(5-7-12)9-18-19-15(20)10-21-14-3-1-2-13(17)8-14/h1-9H,10H2,(H,19,20). The highest BCUT2D eigenvalue weighted by atomic mass is 79.9. The van der Waals surface area contributed by atoms with E-state index in [0.29, 0.717) is 10.8 Å². The average molecular weight is 368 g/mol. The topological polar surface area (TPSA) is 50.7 Å². The van der Waals surface area contributed by atoms with Crippen molar-refractivity contribution >= 4 is 39.7 Å². The molecule has 0 saturated carbocycles. The van der Waals surface area contributed by atoms with E-state index in [4.69, 9.17) is 16.3 Å². The maximum atomic E-state index is 11.6. The van der Waals surface area contributed by atoms with Crippen molar-refractivity contribution in [2.24, 2.45) is 5.10 Å². The summed E-state index contributed by atoms with van der Waals surface area (Å²) in [4.78, 5) is 11.6. The number of nitrogens with zero attached hydrogens (tertiary/aromatic N) is 1. The molecule has 0 saturated heterocycles. The van der Waals surface area contributed by atoms with Crippen molar-refractivity contribution in [3.05, 3.63) is 63.6 Å². The molecule has 4 nitrogen and oxygen atoms in total. The Morgan fingerprint density at radius 3 is 2.76 bits per heavy atom. The van der Waals surface area contributed by atoms with Crippen LogP contribution in [0.5, 0.6) is 5.75 Å². The van der Waals surface area contributed by atoms with Gasteiger partial charge in [-0.2, -0.15) is 5.10 Å². The van der Waals surface area contributed by atoms with Crippen LogP contribution in [-0.4, -0.2) is 18.7 Å². The molecule has 21 heavy (non-hydrogen) atoms. The lowest BCUT2D eigenvalue weighted by Crippen LogP contribution is -2.24. The quantitative estimate of drug-likeness (QED) is 0.648. The normalized spacial score (nSPS) is 10.6. The number of benzene rings is 2. The molecule has 0 aromatic heterocycles. The van der Waals surface area contributed by atoms with Gasteiger partial charge in [-0.3, -0.25) is 4.79 Å². The van der Waals surface area contributed by atoms with Gasteiger partial charge in [0.25, 0.3) is 5.91 Å². The first-order valence-corrected chi connectivity index (χ1v) is 7.26. The number of hydrogen-bond donors (Lipinski definition) is 1. The van der Waals surface area contributed by atoms with Gasteiger partial charge >= 0.3 is 0 Å². The molecule has 2 aromatic rings. The summed E-state index contributed by atoms with van der Waals surface area (Å²) in [6, 6.07) is 14.4.